The molecule has 2 aliphatic rings. The number of hydrogen-bond acceptors (Lipinski definition) is 6. The molecule has 2 saturated heterocycles. The molecule has 0 unspecified atom stereocenters. The van der Waals surface area contributed by atoms with Gasteiger partial charge >= 0.3 is 5.97 Å². The molecule has 27 heavy (non-hydrogen) atoms. The first-order valence-corrected chi connectivity index (χ1v) is 12.3. The molecule has 2 heterocycles. The van der Waals surface area contributed by atoms with Crippen LogP contribution in [-0.4, -0.2) is 73.1 Å². The van der Waals surface area contributed by atoms with Gasteiger partial charge in [-0.3, -0.25) is 9.69 Å². The third-order valence-corrected chi connectivity index (χ3v) is 8.19. The average Bonchev–Trinajstić information content (AvgIpc) is 3.35. The minimum Gasteiger partial charge on any atom is -0.461 e. The van der Waals surface area contributed by atoms with E-state index in [1.165, 1.54) is 12.8 Å². The Bertz CT molecular complexity index is 720. The van der Waals surface area contributed by atoms with Crippen molar-refractivity contribution in [3.8, 4) is 0 Å². The van der Waals surface area contributed by atoms with Crippen LogP contribution in [0.1, 0.15) is 24.8 Å². The predicted molar refractivity (Wildman–Crippen MR) is 108 cm³/mol. The Morgan fingerprint density at radius 1 is 1.19 bits per heavy atom. The maximum absolute atomic E-state index is 12.7. The molecule has 0 aliphatic carbocycles. The van der Waals surface area contributed by atoms with Gasteiger partial charge in [-0.1, -0.05) is 30.3 Å². The van der Waals surface area contributed by atoms with Gasteiger partial charge in [0, 0.05) is 24.4 Å². The molecule has 8 heteroatoms. The first-order valence-electron chi connectivity index (χ1n) is 9.44. The molecule has 0 bridgehead atoms. The molecule has 1 aromatic carbocycles. The maximum atomic E-state index is 12.7. The minimum absolute atomic E-state index is 0.107. The van der Waals surface area contributed by atoms with E-state index in [1.54, 1.807) is 16.1 Å². The molecular weight excluding hydrogens is 384 g/mol. The van der Waals surface area contributed by atoms with Crippen molar-refractivity contribution in [2.75, 3.05) is 38.2 Å². The average molecular weight is 413 g/mol. The van der Waals surface area contributed by atoms with Gasteiger partial charge in [0.2, 0.25) is 10.0 Å². The molecule has 0 amide bonds. The van der Waals surface area contributed by atoms with Gasteiger partial charge in [0.05, 0.1) is 12.2 Å². The Balaban J connectivity index is 1.49. The molecule has 0 saturated carbocycles. The van der Waals surface area contributed by atoms with E-state index in [4.69, 9.17) is 4.74 Å². The first-order chi connectivity index (χ1) is 13.0. The van der Waals surface area contributed by atoms with Crippen molar-refractivity contribution in [2.45, 2.75) is 37.2 Å². The van der Waals surface area contributed by atoms with Crippen LogP contribution in [0.4, 0.5) is 0 Å². The predicted octanol–water partition coefficient (Wildman–Crippen LogP) is 1.96. The van der Waals surface area contributed by atoms with Crippen LogP contribution < -0.4 is 0 Å². The number of carbonyl (C=O) groups is 1. The summed E-state index contributed by atoms with van der Waals surface area (Å²) in [6, 6.07) is 9.66. The van der Waals surface area contributed by atoms with Crippen molar-refractivity contribution in [2.24, 2.45) is 0 Å². The topological polar surface area (TPSA) is 66.9 Å². The lowest BCUT2D eigenvalue weighted by atomic mass is 10.2. The van der Waals surface area contributed by atoms with Crippen LogP contribution >= 0.6 is 11.8 Å². The van der Waals surface area contributed by atoms with Gasteiger partial charge < -0.3 is 4.74 Å². The van der Waals surface area contributed by atoms with Crippen molar-refractivity contribution < 1.29 is 17.9 Å². The summed E-state index contributed by atoms with van der Waals surface area (Å²) >= 11 is 1.74. The van der Waals surface area contributed by atoms with Crippen molar-refractivity contribution in [1.29, 1.82) is 0 Å². The van der Waals surface area contributed by atoms with E-state index < -0.39 is 16.0 Å². The summed E-state index contributed by atoms with van der Waals surface area (Å²) in [5.74, 6) is -0.659. The van der Waals surface area contributed by atoms with Crippen LogP contribution in [0, 0.1) is 0 Å². The van der Waals surface area contributed by atoms with Gasteiger partial charge in [-0.2, -0.15) is 16.1 Å². The maximum Gasteiger partial charge on any atom is 0.307 e. The van der Waals surface area contributed by atoms with Crippen LogP contribution in [0.3, 0.4) is 0 Å². The summed E-state index contributed by atoms with van der Waals surface area (Å²) in [5, 5.41) is 0.294. The summed E-state index contributed by atoms with van der Waals surface area (Å²) in [6.45, 7) is 3.36. The molecule has 2 atom stereocenters. The Morgan fingerprint density at radius 2 is 1.89 bits per heavy atom. The molecule has 0 N–H and O–H groups in total. The number of sulfonamides is 1. The van der Waals surface area contributed by atoms with Crippen molar-refractivity contribution in [3.63, 3.8) is 0 Å². The molecule has 2 aliphatic heterocycles. The number of thioether (sulfide) groups is 1. The molecule has 150 valence electrons. The molecule has 3 rings (SSSR count). The quantitative estimate of drug-likeness (QED) is 0.608. The molecule has 2 fully saturated rings. The van der Waals surface area contributed by atoms with E-state index in [-0.39, 0.29) is 24.8 Å². The highest BCUT2D eigenvalue weighted by atomic mass is 32.2. The van der Waals surface area contributed by atoms with Gasteiger partial charge in [-0.25, -0.2) is 8.42 Å². The monoisotopic (exact) mass is 412 g/mol. The number of nitrogens with zero attached hydrogens (tertiary/aromatic N) is 2. The van der Waals surface area contributed by atoms with Gasteiger partial charge in [0.15, 0.2) is 0 Å². The molecule has 0 spiro atoms. The van der Waals surface area contributed by atoms with E-state index >= 15 is 0 Å². The fourth-order valence-electron chi connectivity index (χ4n) is 3.76. The molecule has 1 aromatic rings. The summed E-state index contributed by atoms with van der Waals surface area (Å²) in [6.07, 6.45) is 4.32. The lowest BCUT2D eigenvalue weighted by molar-refractivity contribution is -0.144. The number of benzene rings is 1. The van der Waals surface area contributed by atoms with Gasteiger partial charge in [-0.15, -0.1) is 0 Å². The van der Waals surface area contributed by atoms with Crippen molar-refractivity contribution >= 4 is 27.8 Å². The number of likely N-dealkylation sites (tertiary alicyclic amines) is 1. The minimum atomic E-state index is -3.45. The normalized spacial score (nSPS) is 24.3. The van der Waals surface area contributed by atoms with Gasteiger partial charge in [0.1, 0.15) is 6.61 Å². The molecular formula is C19H28N2O4S2. The van der Waals surface area contributed by atoms with Gasteiger partial charge in [0.25, 0.3) is 0 Å². The van der Waals surface area contributed by atoms with Crippen LogP contribution in [0.15, 0.2) is 30.3 Å². The third-order valence-electron chi connectivity index (χ3n) is 5.32. The zero-order valence-electron chi connectivity index (χ0n) is 15.7. The summed E-state index contributed by atoms with van der Waals surface area (Å²) in [7, 11) is -3.45. The summed E-state index contributed by atoms with van der Waals surface area (Å²) < 4.78 is 32.2. The zero-order chi connectivity index (χ0) is 19.3. The van der Waals surface area contributed by atoms with Crippen molar-refractivity contribution in [1.82, 2.24) is 9.21 Å². The second-order valence-electron chi connectivity index (χ2n) is 7.11. The molecule has 6 nitrogen and oxygen atoms in total. The third kappa shape index (κ3) is 5.47. The number of ether oxygens (including phenoxy) is 1. The SMILES string of the molecule is CS[C@H]1CN(S(=O)(=O)CCC(=O)OCc2ccccc2)C[C@H]1N1CCCC1. The standard InChI is InChI=1S/C19H28N2O4S2/c1-26-18-14-21(13-17(18)20-10-5-6-11-20)27(23,24)12-9-19(22)25-15-16-7-3-2-4-8-16/h2-4,7-8,17-18H,5-6,9-15H2,1H3/t17-,18+/m1/s1. The van der Waals surface area contributed by atoms with Crippen LogP contribution in [0.5, 0.6) is 0 Å². The van der Waals surface area contributed by atoms with Crippen molar-refractivity contribution in [3.05, 3.63) is 35.9 Å². The van der Waals surface area contributed by atoms with E-state index in [9.17, 15) is 13.2 Å². The number of esters is 1. The number of hydrogen-bond donors (Lipinski definition) is 0. The molecule has 0 radical (unpaired) electrons. The van der Waals surface area contributed by atoms with E-state index in [0.29, 0.717) is 18.3 Å². The largest absolute Gasteiger partial charge is 0.461 e. The molecule has 0 aromatic heterocycles. The van der Waals surface area contributed by atoms with Crippen LogP contribution in [0.2, 0.25) is 0 Å². The van der Waals surface area contributed by atoms with E-state index in [2.05, 4.69) is 4.90 Å². The lowest BCUT2D eigenvalue weighted by Crippen LogP contribution is -2.40. The fraction of sp³-hybridized carbons (Fsp3) is 0.632. The van der Waals surface area contributed by atoms with Crippen LogP contribution in [-0.2, 0) is 26.2 Å². The Labute approximate surface area is 166 Å². The summed E-state index contributed by atoms with van der Waals surface area (Å²) in [4.78, 5) is 14.4. The van der Waals surface area contributed by atoms with E-state index in [1.807, 2.05) is 36.6 Å². The second kappa shape index (κ2) is 9.41. The highest BCUT2D eigenvalue weighted by Crippen LogP contribution is 2.29. The zero-order valence-corrected chi connectivity index (χ0v) is 17.4. The highest BCUT2D eigenvalue weighted by Gasteiger charge is 2.41. The highest BCUT2D eigenvalue weighted by molar-refractivity contribution is 7.99. The lowest BCUT2D eigenvalue weighted by Gasteiger charge is -2.27. The number of carbonyl (C=O) groups excluding carboxylic acids is 1. The second-order valence-corrected chi connectivity index (χ2v) is 10.3. The summed E-state index contributed by atoms with van der Waals surface area (Å²) in [5.41, 5.74) is 0.893. The first kappa shape index (κ1) is 20.6. The van der Waals surface area contributed by atoms with Gasteiger partial charge in [-0.05, 0) is 37.8 Å². The Morgan fingerprint density at radius 3 is 2.56 bits per heavy atom. The van der Waals surface area contributed by atoms with Crippen LogP contribution in [0.25, 0.3) is 0 Å². The fourth-order valence-corrected chi connectivity index (χ4v) is 6.20. The Kier molecular flexibility index (Phi) is 7.19. The Hall–Kier alpha value is -1.09. The number of rotatable bonds is 8. The smallest absolute Gasteiger partial charge is 0.307 e. The van der Waals surface area contributed by atoms with E-state index in [0.717, 1.165) is 18.7 Å².